The van der Waals surface area contributed by atoms with Crippen molar-refractivity contribution in [3.63, 3.8) is 0 Å². The molecule has 0 atom stereocenters. The molecule has 2 rings (SSSR count). The van der Waals surface area contributed by atoms with Crippen LogP contribution in [0.1, 0.15) is 78.1 Å². The summed E-state index contributed by atoms with van der Waals surface area (Å²) in [6, 6.07) is 0. The summed E-state index contributed by atoms with van der Waals surface area (Å²) in [5.41, 5.74) is 0. The van der Waals surface area contributed by atoms with Gasteiger partial charge in [0.25, 0.3) is 0 Å². The van der Waals surface area contributed by atoms with E-state index in [1.54, 1.807) is 0 Å². The first-order valence-electron chi connectivity index (χ1n) is 8.39. The van der Waals surface area contributed by atoms with Crippen molar-refractivity contribution in [2.45, 2.75) is 87.6 Å². The monoisotopic (exact) mass is 266 g/mol. The predicted molar refractivity (Wildman–Crippen MR) is 80.2 cm³/mol. The summed E-state index contributed by atoms with van der Waals surface area (Å²) in [4.78, 5) is 0. The molecular formula is C16H31AlO. The van der Waals surface area contributed by atoms with Crippen LogP contribution in [0.15, 0.2) is 0 Å². The maximum atomic E-state index is 6.52. The van der Waals surface area contributed by atoms with Crippen LogP contribution in [0, 0.1) is 5.92 Å². The van der Waals surface area contributed by atoms with Gasteiger partial charge in [-0.3, -0.25) is 0 Å². The molecule has 0 aliphatic heterocycles. The molecule has 2 aliphatic rings. The number of hydrogen-bond acceptors (Lipinski definition) is 1. The van der Waals surface area contributed by atoms with Crippen LogP contribution in [0.3, 0.4) is 0 Å². The largest absolute Gasteiger partial charge is 0.500 e. The number of hydrogen-bond donors (Lipinski definition) is 0. The van der Waals surface area contributed by atoms with Crippen LogP contribution in [-0.4, -0.2) is 21.1 Å². The SMILES string of the molecule is CC(C)C[O][Al]([CH]1CCCCC1)[CH]1CCCCC1. The Balaban J connectivity index is 1.91. The van der Waals surface area contributed by atoms with Gasteiger partial charge in [-0.05, 0) is 5.92 Å². The summed E-state index contributed by atoms with van der Waals surface area (Å²) in [5, 5.41) is 0. The quantitative estimate of drug-likeness (QED) is 0.612. The van der Waals surface area contributed by atoms with Crippen molar-refractivity contribution in [1.29, 1.82) is 0 Å². The molecule has 2 aliphatic carbocycles. The fourth-order valence-electron chi connectivity index (χ4n) is 3.89. The second-order valence-electron chi connectivity index (χ2n) is 6.99. The first-order chi connectivity index (χ1) is 8.77. The van der Waals surface area contributed by atoms with E-state index < -0.39 is 14.5 Å². The second kappa shape index (κ2) is 7.93. The van der Waals surface area contributed by atoms with Crippen LogP contribution >= 0.6 is 0 Å². The molecule has 0 bridgehead atoms. The van der Waals surface area contributed by atoms with Gasteiger partial charge in [-0.15, -0.1) is 0 Å². The average Bonchev–Trinajstić information content (AvgIpc) is 2.41. The maximum absolute atomic E-state index is 6.52. The standard InChI is InChI=1S/2C6H11.C4H9O.Al/c2*1-2-4-6-5-3-1;1-4(2)3-5;/h2*1H,2-6H2;4H,3H2,1-2H3;/q;;-1;+1. The van der Waals surface area contributed by atoms with Crippen LogP contribution in [-0.2, 0) is 3.79 Å². The summed E-state index contributed by atoms with van der Waals surface area (Å²) in [7, 11) is 0. The first kappa shape index (κ1) is 14.9. The normalized spacial score (nSPS) is 23.5. The molecule has 18 heavy (non-hydrogen) atoms. The highest BCUT2D eigenvalue weighted by Crippen LogP contribution is 2.41. The average molecular weight is 266 g/mol. The van der Waals surface area contributed by atoms with Crippen LogP contribution < -0.4 is 0 Å². The molecule has 0 amide bonds. The summed E-state index contributed by atoms with van der Waals surface area (Å²) in [6.45, 7) is 5.63. The van der Waals surface area contributed by atoms with Gasteiger partial charge in [0.05, 0.1) is 0 Å². The van der Waals surface area contributed by atoms with E-state index in [1.807, 2.05) is 0 Å². The van der Waals surface area contributed by atoms with E-state index in [2.05, 4.69) is 13.8 Å². The predicted octanol–water partition coefficient (Wildman–Crippen LogP) is 5.32. The Morgan fingerprint density at radius 2 is 1.28 bits per heavy atom. The van der Waals surface area contributed by atoms with Gasteiger partial charge in [-0.2, -0.15) is 0 Å². The molecule has 0 aromatic heterocycles. The summed E-state index contributed by atoms with van der Waals surface area (Å²) < 4.78 is 8.55. The van der Waals surface area contributed by atoms with Crippen molar-refractivity contribution in [2.24, 2.45) is 5.92 Å². The second-order valence-corrected chi connectivity index (χ2v) is 10.1. The zero-order chi connectivity index (χ0) is 12.8. The Labute approximate surface area is 118 Å². The van der Waals surface area contributed by atoms with E-state index in [-0.39, 0.29) is 0 Å². The van der Waals surface area contributed by atoms with Gasteiger partial charge in [0.2, 0.25) is 0 Å². The molecule has 0 aromatic carbocycles. The molecule has 0 N–H and O–H groups in total. The molecule has 0 spiro atoms. The van der Waals surface area contributed by atoms with Crippen LogP contribution in [0.2, 0.25) is 9.56 Å². The minimum atomic E-state index is -0.953. The molecule has 2 saturated carbocycles. The molecule has 104 valence electrons. The van der Waals surface area contributed by atoms with Crippen LogP contribution in [0.5, 0.6) is 0 Å². The van der Waals surface area contributed by atoms with Gasteiger partial charge >= 0.3 is 14.5 Å². The van der Waals surface area contributed by atoms with Crippen molar-refractivity contribution in [2.75, 3.05) is 6.61 Å². The van der Waals surface area contributed by atoms with E-state index in [9.17, 15) is 0 Å². The highest BCUT2D eigenvalue weighted by Gasteiger charge is 2.39. The third-order valence-electron chi connectivity index (χ3n) is 4.85. The summed E-state index contributed by atoms with van der Waals surface area (Å²) in [5.74, 6) is 0.715. The Kier molecular flexibility index (Phi) is 6.56. The highest BCUT2D eigenvalue weighted by atomic mass is 27.2. The summed E-state index contributed by atoms with van der Waals surface area (Å²) in [6.07, 6.45) is 14.8. The molecule has 2 heteroatoms. The topological polar surface area (TPSA) is 9.23 Å². The zero-order valence-corrected chi connectivity index (χ0v) is 13.7. The van der Waals surface area contributed by atoms with Gasteiger partial charge in [0.1, 0.15) is 0 Å². The Morgan fingerprint density at radius 1 is 0.833 bits per heavy atom. The van der Waals surface area contributed by atoms with Gasteiger partial charge in [0, 0.05) is 6.61 Å². The maximum Gasteiger partial charge on any atom is 0.467 e. The minimum absolute atomic E-state index is 0.715. The Hall–Kier alpha value is 0.492. The van der Waals surface area contributed by atoms with Gasteiger partial charge in [0.15, 0.2) is 0 Å². The van der Waals surface area contributed by atoms with E-state index >= 15 is 0 Å². The fourth-order valence-corrected chi connectivity index (χ4v) is 8.06. The van der Waals surface area contributed by atoms with E-state index in [0.717, 1.165) is 16.2 Å². The molecule has 0 radical (unpaired) electrons. The minimum Gasteiger partial charge on any atom is -0.500 e. The molecule has 0 saturated heterocycles. The fraction of sp³-hybridized carbons (Fsp3) is 1.00. The van der Waals surface area contributed by atoms with E-state index in [4.69, 9.17) is 3.79 Å². The molecular weight excluding hydrogens is 235 g/mol. The van der Waals surface area contributed by atoms with Crippen molar-refractivity contribution in [3.05, 3.63) is 0 Å². The third-order valence-corrected chi connectivity index (χ3v) is 8.62. The molecule has 0 aromatic rings. The Morgan fingerprint density at radius 3 is 1.67 bits per heavy atom. The highest BCUT2D eigenvalue weighted by molar-refractivity contribution is 6.55. The van der Waals surface area contributed by atoms with E-state index in [1.165, 1.54) is 64.2 Å². The third kappa shape index (κ3) is 4.55. The molecule has 2 fully saturated rings. The van der Waals surface area contributed by atoms with Crippen molar-refractivity contribution in [1.82, 2.24) is 0 Å². The zero-order valence-electron chi connectivity index (χ0n) is 12.5. The van der Waals surface area contributed by atoms with Crippen molar-refractivity contribution < 1.29 is 3.79 Å². The lowest BCUT2D eigenvalue weighted by Gasteiger charge is -2.34. The first-order valence-corrected chi connectivity index (χ1v) is 10.2. The molecule has 1 nitrogen and oxygen atoms in total. The van der Waals surface area contributed by atoms with Crippen LogP contribution in [0.25, 0.3) is 0 Å². The molecule has 0 heterocycles. The lowest BCUT2D eigenvalue weighted by atomic mass is 9.99. The summed E-state index contributed by atoms with van der Waals surface area (Å²) >= 11 is -0.953. The van der Waals surface area contributed by atoms with Crippen molar-refractivity contribution in [3.8, 4) is 0 Å². The smallest absolute Gasteiger partial charge is 0.467 e. The van der Waals surface area contributed by atoms with Gasteiger partial charge < -0.3 is 3.79 Å². The Bertz CT molecular complexity index is 199. The van der Waals surface area contributed by atoms with E-state index in [0.29, 0.717) is 5.92 Å². The lowest BCUT2D eigenvalue weighted by Crippen LogP contribution is -2.34. The molecule has 0 unspecified atom stereocenters. The number of rotatable bonds is 5. The van der Waals surface area contributed by atoms with Crippen LogP contribution in [0.4, 0.5) is 0 Å². The van der Waals surface area contributed by atoms with Gasteiger partial charge in [-0.1, -0.05) is 87.6 Å². The lowest BCUT2D eigenvalue weighted by molar-refractivity contribution is 0.245. The van der Waals surface area contributed by atoms with Gasteiger partial charge in [-0.25, -0.2) is 0 Å². The van der Waals surface area contributed by atoms with Crippen molar-refractivity contribution >= 4 is 14.5 Å².